The highest BCUT2D eigenvalue weighted by atomic mass is 16.5. The van der Waals surface area contributed by atoms with Crippen LogP contribution in [0.25, 0.3) is 0 Å². The fraction of sp³-hybridized carbons (Fsp3) is 0.588. The summed E-state index contributed by atoms with van der Waals surface area (Å²) in [6.07, 6.45) is 0.350. The molecule has 4 nitrogen and oxygen atoms in total. The third-order valence-electron chi connectivity index (χ3n) is 3.30. The Balaban J connectivity index is 2.60. The molecule has 1 aromatic rings. The fourth-order valence-corrected chi connectivity index (χ4v) is 2.53. The van der Waals surface area contributed by atoms with Crippen molar-refractivity contribution in [3.05, 3.63) is 29.3 Å². The zero-order chi connectivity index (χ0) is 16.0. The lowest BCUT2D eigenvalue weighted by atomic mass is 9.93. The molecule has 0 radical (unpaired) electrons. The van der Waals surface area contributed by atoms with Crippen molar-refractivity contribution in [1.82, 2.24) is 10.2 Å². The number of amides is 1. The van der Waals surface area contributed by atoms with E-state index in [1.54, 1.807) is 7.11 Å². The minimum atomic E-state index is 0.0331. The second kappa shape index (κ2) is 7.46. The first-order chi connectivity index (χ1) is 9.73. The molecule has 1 amide bonds. The Labute approximate surface area is 128 Å². The quantitative estimate of drug-likeness (QED) is 0.838. The van der Waals surface area contributed by atoms with Gasteiger partial charge in [-0.15, -0.1) is 0 Å². The number of rotatable bonds is 7. The molecule has 0 aromatic heterocycles. The standard InChI is InChI=1S/C17H28N2O2/c1-13-7-8-15(21-6)14(9-13)10-16(20)18-11-17(2,3)12-19(4)5/h7-9H,10-12H2,1-6H3,(H,18,20). The molecule has 118 valence electrons. The minimum absolute atomic E-state index is 0.0331. The summed E-state index contributed by atoms with van der Waals surface area (Å²) < 4.78 is 5.31. The molecule has 0 atom stereocenters. The Hall–Kier alpha value is -1.55. The van der Waals surface area contributed by atoms with Gasteiger partial charge in [0.1, 0.15) is 5.75 Å². The Morgan fingerprint density at radius 1 is 1.33 bits per heavy atom. The fourth-order valence-electron chi connectivity index (χ4n) is 2.53. The summed E-state index contributed by atoms with van der Waals surface area (Å²) in [5, 5.41) is 3.03. The maximum absolute atomic E-state index is 12.1. The summed E-state index contributed by atoms with van der Waals surface area (Å²) in [5.74, 6) is 0.800. The number of aryl methyl sites for hydroxylation is 1. The molecule has 0 fully saturated rings. The number of benzene rings is 1. The van der Waals surface area contributed by atoms with Crippen molar-refractivity contribution >= 4 is 5.91 Å². The molecule has 1 N–H and O–H groups in total. The van der Waals surface area contributed by atoms with Gasteiger partial charge in [0, 0.05) is 18.7 Å². The summed E-state index contributed by atoms with van der Waals surface area (Å²) in [5.41, 5.74) is 2.11. The SMILES string of the molecule is COc1ccc(C)cc1CC(=O)NCC(C)(C)CN(C)C. The van der Waals surface area contributed by atoms with Crippen LogP contribution in [-0.4, -0.2) is 45.1 Å². The number of carbonyl (C=O) groups is 1. The molecule has 1 rings (SSSR count). The summed E-state index contributed by atoms with van der Waals surface area (Å²) in [6, 6.07) is 5.90. The van der Waals surface area contributed by atoms with Crippen molar-refractivity contribution < 1.29 is 9.53 Å². The van der Waals surface area contributed by atoms with Gasteiger partial charge in [-0.3, -0.25) is 4.79 Å². The maximum atomic E-state index is 12.1. The zero-order valence-electron chi connectivity index (χ0n) is 14.1. The van der Waals surface area contributed by atoms with Gasteiger partial charge in [0.2, 0.25) is 5.91 Å². The molecule has 0 spiro atoms. The molecular formula is C17H28N2O2. The monoisotopic (exact) mass is 292 g/mol. The van der Waals surface area contributed by atoms with Crippen LogP contribution in [0.4, 0.5) is 0 Å². The van der Waals surface area contributed by atoms with Crippen LogP contribution in [0.15, 0.2) is 18.2 Å². The van der Waals surface area contributed by atoms with Crippen LogP contribution in [0.5, 0.6) is 5.75 Å². The number of hydrogen-bond donors (Lipinski definition) is 1. The molecule has 0 aliphatic heterocycles. The topological polar surface area (TPSA) is 41.6 Å². The van der Waals surface area contributed by atoms with Gasteiger partial charge in [-0.05, 0) is 32.5 Å². The largest absolute Gasteiger partial charge is 0.496 e. The number of ether oxygens (including phenoxy) is 1. The van der Waals surface area contributed by atoms with Crippen LogP contribution in [-0.2, 0) is 11.2 Å². The minimum Gasteiger partial charge on any atom is -0.496 e. The first kappa shape index (κ1) is 17.5. The van der Waals surface area contributed by atoms with Crippen LogP contribution in [0, 0.1) is 12.3 Å². The van der Waals surface area contributed by atoms with E-state index >= 15 is 0 Å². The number of nitrogens with one attached hydrogen (secondary N) is 1. The third-order valence-corrected chi connectivity index (χ3v) is 3.30. The van der Waals surface area contributed by atoms with Crippen molar-refractivity contribution in [3.8, 4) is 5.75 Å². The van der Waals surface area contributed by atoms with Crippen LogP contribution >= 0.6 is 0 Å². The normalized spacial score (nSPS) is 11.6. The van der Waals surface area contributed by atoms with E-state index in [0.717, 1.165) is 23.4 Å². The lowest BCUT2D eigenvalue weighted by Crippen LogP contribution is -2.40. The third kappa shape index (κ3) is 6.17. The molecular weight excluding hydrogens is 264 g/mol. The van der Waals surface area contributed by atoms with E-state index in [4.69, 9.17) is 4.74 Å². The van der Waals surface area contributed by atoms with Gasteiger partial charge >= 0.3 is 0 Å². The first-order valence-corrected chi connectivity index (χ1v) is 7.28. The summed E-state index contributed by atoms with van der Waals surface area (Å²) in [4.78, 5) is 14.3. The van der Waals surface area contributed by atoms with Crippen molar-refractivity contribution in [3.63, 3.8) is 0 Å². The van der Waals surface area contributed by atoms with Gasteiger partial charge in [-0.1, -0.05) is 31.5 Å². The van der Waals surface area contributed by atoms with Gasteiger partial charge < -0.3 is 15.0 Å². The van der Waals surface area contributed by atoms with E-state index in [-0.39, 0.29) is 11.3 Å². The van der Waals surface area contributed by atoms with Crippen molar-refractivity contribution in [2.45, 2.75) is 27.2 Å². The predicted octanol–water partition coefficient (Wildman–Crippen LogP) is 2.25. The number of methoxy groups -OCH3 is 1. The summed E-state index contributed by atoms with van der Waals surface area (Å²) in [6.45, 7) is 7.92. The average molecular weight is 292 g/mol. The van der Waals surface area contributed by atoms with Crippen molar-refractivity contribution in [1.29, 1.82) is 0 Å². The molecule has 0 heterocycles. The Kier molecular flexibility index (Phi) is 6.21. The second-order valence-corrected chi connectivity index (χ2v) is 6.67. The number of hydrogen-bond acceptors (Lipinski definition) is 3. The highest BCUT2D eigenvalue weighted by Gasteiger charge is 2.20. The molecule has 0 bridgehead atoms. The van der Waals surface area contributed by atoms with E-state index in [1.807, 2.05) is 39.2 Å². The summed E-state index contributed by atoms with van der Waals surface area (Å²) >= 11 is 0. The molecule has 21 heavy (non-hydrogen) atoms. The van der Waals surface area contributed by atoms with Crippen molar-refractivity contribution in [2.75, 3.05) is 34.3 Å². The van der Waals surface area contributed by atoms with Gasteiger partial charge in [0.05, 0.1) is 13.5 Å². The van der Waals surface area contributed by atoms with Crippen LogP contribution in [0.1, 0.15) is 25.0 Å². The molecule has 0 saturated heterocycles. The molecule has 0 saturated carbocycles. The van der Waals surface area contributed by atoms with Gasteiger partial charge in [-0.25, -0.2) is 0 Å². The maximum Gasteiger partial charge on any atom is 0.224 e. The lowest BCUT2D eigenvalue weighted by Gasteiger charge is -2.28. The van der Waals surface area contributed by atoms with Gasteiger partial charge in [-0.2, -0.15) is 0 Å². The van der Waals surface area contributed by atoms with E-state index in [9.17, 15) is 4.79 Å². The predicted molar refractivity (Wildman–Crippen MR) is 86.8 cm³/mol. The molecule has 0 unspecified atom stereocenters. The first-order valence-electron chi connectivity index (χ1n) is 7.28. The van der Waals surface area contributed by atoms with Crippen molar-refractivity contribution in [2.24, 2.45) is 5.41 Å². The Bertz CT molecular complexity index is 482. The summed E-state index contributed by atoms with van der Waals surface area (Å²) in [7, 11) is 5.72. The van der Waals surface area contributed by atoms with Crippen LogP contribution in [0.3, 0.4) is 0 Å². The zero-order valence-corrected chi connectivity index (χ0v) is 14.1. The highest BCUT2D eigenvalue weighted by Crippen LogP contribution is 2.20. The van der Waals surface area contributed by atoms with E-state index < -0.39 is 0 Å². The average Bonchev–Trinajstić information content (AvgIpc) is 2.35. The van der Waals surface area contributed by atoms with E-state index in [2.05, 4.69) is 24.1 Å². The highest BCUT2D eigenvalue weighted by molar-refractivity contribution is 5.79. The second-order valence-electron chi connectivity index (χ2n) is 6.67. The van der Waals surface area contributed by atoms with Crippen LogP contribution in [0.2, 0.25) is 0 Å². The van der Waals surface area contributed by atoms with E-state index in [0.29, 0.717) is 13.0 Å². The van der Waals surface area contributed by atoms with E-state index in [1.165, 1.54) is 0 Å². The molecule has 0 aliphatic rings. The number of carbonyl (C=O) groups excluding carboxylic acids is 1. The Morgan fingerprint density at radius 2 is 2.00 bits per heavy atom. The number of nitrogens with zero attached hydrogens (tertiary/aromatic N) is 1. The molecule has 0 aliphatic carbocycles. The van der Waals surface area contributed by atoms with Gasteiger partial charge in [0.15, 0.2) is 0 Å². The molecule has 1 aromatic carbocycles. The Morgan fingerprint density at radius 3 is 2.57 bits per heavy atom. The van der Waals surface area contributed by atoms with Crippen LogP contribution < -0.4 is 10.1 Å². The molecule has 4 heteroatoms. The lowest BCUT2D eigenvalue weighted by molar-refractivity contribution is -0.120. The van der Waals surface area contributed by atoms with Gasteiger partial charge in [0.25, 0.3) is 0 Å². The smallest absolute Gasteiger partial charge is 0.224 e.